The summed E-state index contributed by atoms with van der Waals surface area (Å²) in [4.78, 5) is 28.2. The summed E-state index contributed by atoms with van der Waals surface area (Å²) in [5, 5.41) is 0.818. The number of H-pyrrole nitrogens is 1. The quantitative estimate of drug-likeness (QED) is 0.367. The first-order valence-electron chi connectivity index (χ1n) is 9.16. The fraction of sp³-hybridized carbons (Fsp3) is 0.217. The largest absolute Gasteiger partial charge is 0.493 e. The topological polar surface area (TPSA) is 77.6 Å². The summed E-state index contributed by atoms with van der Waals surface area (Å²) in [7, 11) is 3.10. The van der Waals surface area contributed by atoms with Gasteiger partial charge in [0, 0.05) is 28.2 Å². The van der Waals surface area contributed by atoms with Gasteiger partial charge in [-0.15, -0.1) is 0 Å². The number of ketones is 1. The molecule has 1 heterocycles. The smallest absolute Gasteiger partial charge is 0.331 e. The van der Waals surface area contributed by atoms with Crippen LogP contribution in [-0.2, 0) is 9.53 Å². The summed E-state index contributed by atoms with van der Waals surface area (Å²) in [6, 6.07) is 12.8. The van der Waals surface area contributed by atoms with Crippen LogP contribution in [0.15, 0.2) is 48.5 Å². The van der Waals surface area contributed by atoms with Crippen LogP contribution >= 0.6 is 0 Å². The second-order valence-corrected chi connectivity index (χ2v) is 6.56. The Bertz CT molecular complexity index is 1080. The van der Waals surface area contributed by atoms with Crippen LogP contribution in [0, 0.1) is 6.92 Å². The SMILES string of the molecule is COc1ccc(/C=C/C(=O)O[C@@H](C)C(=O)c2c(C)[nH]c3ccccc23)cc1OC. The number of carbonyl (C=O) groups excluding carboxylic acids is 2. The van der Waals surface area contributed by atoms with Gasteiger partial charge in [0.2, 0.25) is 5.78 Å². The van der Waals surface area contributed by atoms with Crippen LogP contribution in [-0.4, -0.2) is 37.1 Å². The molecule has 29 heavy (non-hydrogen) atoms. The number of hydrogen-bond donors (Lipinski definition) is 1. The van der Waals surface area contributed by atoms with Crippen LogP contribution in [0.2, 0.25) is 0 Å². The highest BCUT2D eigenvalue weighted by atomic mass is 16.5. The highest BCUT2D eigenvalue weighted by molar-refractivity contribution is 6.11. The fourth-order valence-corrected chi connectivity index (χ4v) is 3.19. The fourth-order valence-electron chi connectivity index (χ4n) is 3.19. The number of aromatic nitrogens is 1. The lowest BCUT2D eigenvalue weighted by Gasteiger charge is -2.11. The number of methoxy groups -OCH3 is 2. The molecule has 0 spiro atoms. The molecule has 0 aliphatic rings. The summed E-state index contributed by atoms with van der Waals surface area (Å²) in [5.41, 5.74) is 2.91. The first kappa shape index (κ1) is 20.2. The molecule has 0 aliphatic heterocycles. The van der Waals surface area contributed by atoms with Crippen LogP contribution in [0.3, 0.4) is 0 Å². The van der Waals surface area contributed by atoms with Gasteiger partial charge in [-0.2, -0.15) is 0 Å². The number of carbonyl (C=O) groups is 2. The molecule has 1 atom stereocenters. The highest BCUT2D eigenvalue weighted by Gasteiger charge is 2.23. The first-order chi connectivity index (χ1) is 13.9. The lowest BCUT2D eigenvalue weighted by Crippen LogP contribution is -2.24. The lowest BCUT2D eigenvalue weighted by atomic mass is 10.0. The third-order valence-corrected chi connectivity index (χ3v) is 4.62. The molecule has 0 fully saturated rings. The van der Waals surface area contributed by atoms with Crippen molar-refractivity contribution in [2.45, 2.75) is 20.0 Å². The second kappa shape index (κ2) is 8.65. The van der Waals surface area contributed by atoms with E-state index in [1.807, 2.05) is 31.2 Å². The van der Waals surface area contributed by atoms with Crippen molar-refractivity contribution in [3.05, 3.63) is 65.4 Å². The number of hydrogen-bond acceptors (Lipinski definition) is 5. The van der Waals surface area contributed by atoms with E-state index < -0.39 is 12.1 Å². The van der Waals surface area contributed by atoms with Gasteiger partial charge >= 0.3 is 5.97 Å². The van der Waals surface area contributed by atoms with Crippen molar-refractivity contribution in [1.29, 1.82) is 0 Å². The molecule has 0 radical (unpaired) electrons. The monoisotopic (exact) mass is 393 g/mol. The van der Waals surface area contributed by atoms with E-state index in [1.165, 1.54) is 6.08 Å². The summed E-state index contributed by atoms with van der Waals surface area (Å²) >= 11 is 0. The number of Topliss-reactive ketones (excluding diaryl/α,β-unsaturated/α-hetero) is 1. The van der Waals surface area contributed by atoms with Gasteiger partial charge in [-0.25, -0.2) is 4.79 Å². The Labute approximate surface area is 169 Å². The molecule has 0 saturated carbocycles. The van der Waals surface area contributed by atoms with E-state index >= 15 is 0 Å². The van der Waals surface area contributed by atoms with Gasteiger partial charge in [-0.05, 0) is 43.7 Å². The van der Waals surface area contributed by atoms with E-state index in [-0.39, 0.29) is 5.78 Å². The molecule has 150 valence electrons. The standard InChI is InChI=1S/C23H23NO5/c1-14-22(17-7-5-6-8-18(17)24-14)23(26)15(2)29-21(25)12-10-16-9-11-19(27-3)20(13-16)28-4/h5-13,15,24H,1-4H3/b12-10+/t15-/m0/s1. The van der Waals surface area contributed by atoms with Crippen molar-refractivity contribution in [2.24, 2.45) is 0 Å². The van der Waals surface area contributed by atoms with Crippen molar-refractivity contribution in [3.8, 4) is 11.5 Å². The van der Waals surface area contributed by atoms with E-state index in [0.29, 0.717) is 17.1 Å². The van der Waals surface area contributed by atoms with Gasteiger partial charge in [-0.3, -0.25) is 4.79 Å². The number of ether oxygens (including phenoxy) is 3. The van der Waals surface area contributed by atoms with Crippen LogP contribution in [0.1, 0.15) is 28.5 Å². The van der Waals surface area contributed by atoms with Gasteiger partial charge in [0.25, 0.3) is 0 Å². The molecule has 6 nitrogen and oxygen atoms in total. The number of nitrogens with one attached hydrogen (secondary N) is 1. The number of aryl methyl sites for hydroxylation is 1. The maximum atomic E-state index is 12.9. The van der Waals surface area contributed by atoms with Crippen LogP contribution in [0.4, 0.5) is 0 Å². The van der Waals surface area contributed by atoms with Gasteiger partial charge in [0.15, 0.2) is 17.6 Å². The molecular formula is C23H23NO5. The van der Waals surface area contributed by atoms with Crippen molar-refractivity contribution in [2.75, 3.05) is 14.2 Å². The average Bonchev–Trinajstić information content (AvgIpc) is 3.06. The summed E-state index contributed by atoms with van der Waals surface area (Å²) in [6.45, 7) is 3.41. The number of aromatic amines is 1. The van der Waals surface area contributed by atoms with Gasteiger partial charge in [0.1, 0.15) is 0 Å². The molecule has 3 rings (SSSR count). The molecule has 0 aliphatic carbocycles. The normalized spacial score (nSPS) is 12.1. The van der Waals surface area contributed by atoms with E-state index in [0.717, 1.165) is 22.2 Å². The van der Waals surface area contributed by atoms with Crippen molar-refractivity contribution in [1.82, 2.24) is 4.98 Å². The number of fused-ring (bicyclic) bond motifs is 1. The third-order valence-electron chi connectivity index (χ3n) is 4.62. The molecule has 2 aromatic carbocycles. The zero-order valence-electron chi connectivity index (χ0n) is 16.8. The maximum absolute atomic E-state index is 12.9. The minimum Gasteiger partial charge on any atom is -0.493 e. The molecule has 3 aromatic rings. The molecule has 1 aromatic heterocycles. The third kappa shape index (κ3) is 4.32. The van der Waals surface area contributed by atoms with Crippen molar-refractivity contribution < 1.29 is 23.8 Å². The predicted molar refractivity (Wildman–Crippen MR) is 112 cm³/mol. The number of esters is 1. The summed E-state index contributed by atoms with van der Waals surface area (Å²) in [6.07, 6.45) is 1.97. The summed E-state index contributed by atoms with van der Waals surface area (Å²) in [5.74, 6) is 0.313. The van der Waals surface area contributed by atoms with Crippen LogP contribution in [0.5, 0.6) is 11.5 Å². The molecule has 6 heteroatoms. The molecule has 0 saturated heterocycles. The molecule has 0 unspecified atom stereocenters. The van der Waals surface area contributed by atoms with Crippen LogP contribution in [0.25, 0.3) is 17.0 Å². The molecule has 0 bridgehead atoms. The maximum Gasteiger partial charge on any atom is 0.331 e. The lowest BCUT2D eigenvalue weighted by molar-refractivity contribution is -0.140. The Hall–Kier alpha value is -3.54. The summed E-state index contributed by atoms with van der Waals surface area (Å²) < 4.78 is 15.8. The predicted octanol–water partition coefficient (Wildman–Crippen LogP) is 4.32. The van der Waals surface area contributed by atoms with Gasteiger partial charge < -0.3 is 19.2 Å². The highest BCUT2D eigenvalue weighted by Crippen LogP contribution is 2.28. The number of rotatable bonds is 7. The zero-order chi connectivity index (χ0) is 21.0. The minimum atomic E-state index is -0.907. The number of para-hydroxylation sites is 1. The van der Waals surface area contributed by atoms with Crippen LogP contribution < -0.4 is 9.47 Å². The Kier molecular flexibility index (Phi) is 6.02. The number of benzene rings is 2. The molecular weight excluding hydrogens is 370 g/mol. The van der Waals surface area contributed by atoms with E-state index in [4.69, 9.17) is 14.2 Å². The molecule has 1 N–H and O–H groups in total. The zero-order valence-corrected chi connectivity index (χ0v) is 16.8. The van der Waals surface area contributed by atoms with Crippen molar-refractivity contribution >= 4 is 28.7 Å². The minimum absolute atomic E-state index is 0.243. The Morgan fingerprint density at radius 1 is 1.03 bits per heavy atom. The van der Waals surface area contributed by atoms with Gasteiger partial charge in [0.05, 0.1) is 14.2 Å². The Morgan fingerprint density at radius 2 is 1.76 bits per heavy atom. The van der Waals surface area contributed by atoms with E-state index in [1.54, 1.807) is 45.4 Å². The average molecular weight is 393 g/mol. The van der Waals surface area contributed by atoms with Gasteiger partial charge in [-0.1, -0.05) is 24.3 Å². The van der Waals surface area contributed by atoms with Crippen molar-refractivity contribution in [3.63, 3.8) is 0 Å². The van der Waals surface area contributed by atoms with E-state index in [9.17, 15) is 9.59 Å². The molecule has 0 amide bonds. The second-order valence-electron chi connectivity index (χ2n) is 6.56. The first-order valence-corrected chi connectivity index (χ1v) is 9.16. The van der Waals surface area contributed by atoms with E-state index in [2.05, 4.69) is 4.98 Å². The Morgan fingerprint density at radius 3 is 2.48 bits per heavy atom. The Balaban J connectivity index is 1.71.